The van der Waals surface area contributed by atoms with E-state index < -0.39 is 0 Å². The zero-order chi connectivity index (χ0) is 11.6. The Hall–Kier alpha value is -0.830. The summed E-state index contributed by atoms with van der Waals surface area (Å²) in [5.41, 5.74) is 1.11. The number of hydrogen-bond acceptors (Lipinski definition) is 3. The second-order valence-electron chi connectivity index (χ2n) is 3.56. The van der Waals surface area contributed by atoms with Crippen LogP contribution in [0.5, 0.6) is 5.75 Å². The summed E-state index contributed by atoms with van der Waals surface area (Å²) < 4.78 is 5.55. The Morgan fingerprint density at radius 1 is 1.25 bits per heavy atom. The molecule has 0 radical (unpaired) electrons. The molecule has 1 N–H and O–H groups in total. The van der Waals surface area contributed by atoms with Crippen LogP contribution in [0.2, 0.25) is 0 Å². The number of thioether (sulfide) groups is 1. The molecule has 2 nitrogen and oxygen atoms in total. The van der Waals surface area contributed by atoms with E-state index >= 15 is 0 Å². The number of benzene rings is 1. The van der Waals surface area contributed by atoms with Gasteiger partial charge < -0.3 is 10.1 Å². The predicted molar refractivity (Wildman–Crippen MR) is 73.7 cm³/mol. The molecule has 0 fully saturated rings. The van der Waals surface area contributed by atoms with Gasteiger partial charge in [0.1, 0.15) is 5.75 Å². The van der Waals surface area contributed by atoms with Crippen molar-refractivity contribution in [2.45, 2.75) is 19.8 Å². The molecular weight excluding hydrogens is 218 g/mol. The van der Waals surface area contributed by atoms with E-state index in [1.54, 1.807) is 0 Å². The van der Waals surface area contributed by atoms with Gasteiger partial charge in [-0.1, -0.05) is 12.1 Å². The molecule has 0 saturated heterocycles. The molecule has 1 aromatic carbocycles. The van der Waals surface area contributed by atoms with Gasteiger partial charge in [0.2, 0.25) is 0 Å². The molecule has 90 valence electrons. The number of rotatable bonds is 8. The Bertz CT molecular complexity index is 291. The standard InChI is InChI=1S/C13H21NOS/c1-3-15-13-9-5-4-8-12(13)14-10-6-7-11-16-2/h4-5,8-9,14H,3,6-7,10-11H2,1-2H3. The third kappa shape index (κ3) is 4.79. The molecule has 0 bridgehead atoms. The van der Waals surface area contributed by atoms with Crippen LogP contribution in [-0.2, 0) is 0 Å². The van der Waals surface area contributed by atoms with Gasteiger partial charge in [-0.2, -0.15) is 11.8 Å². The fourth-order valence-electron chi connectivity index (χ4n) is 1.49. The van der Waals surface area contributed by atoms with Crippen molar-refractivity contribution in [2.75, 3.05) is 30.5 Å². The van der Waals surface area contributed by atoms with E-state index in [1.165, 1.54) is 18.6 Å². The number of nitrogens with one attached hydrogen (secondary N) is 1. The van der Waals surface area contributed by atoms with Gasteiger partial charge in [-0.05, 0) is 43.9 Å². The van der Waals surface area contributed by atoms with E-state index in [9.17, 15) is 0 Å². The molecule has 1 rings (SSSR count). The third-order valence-corrected chi connectivity index (χ3v) is 2.97. The van der Waals surface area contributed by atoms with Gasteiger partial charge in [-0.15, -0.1) is 0 Å². The zero-order valence-corrected chi connectivity index (χ0v) is 11.0. The molecule has 0 amide bonds. The molecule has 0 saturated carbocycles. The van der Waals surface area contributed by atoms with Gasteiger partial charge in [0.25, 0.3) is 0 Å². The Morgan fingerprint density at radius 2 is 2.06 bits per heavy atom. The molecule has 0 aliphatic carbocycles. The summed E-state index contributed by atoms with van der Waals surface area (Å²) in [6.07, 6.45) is 4.63. The van der Waals surface area contributed by atoms with E-state index in [-0.39, 0.29) is 0 Å². The molecule has 16 heavy (non-hydrogen) atoms. The number of anilines is 1. The van der Waals surface area contributed by atoms with Gasteiger partial charge in [0.05, 0.1) is 12.3 Å². The minimum absolute atomic E-state index is 0.713. The van der Waals surface area contributed by atoms with E-state index in [2.05, 4.69) is 17.6 Å². The summed E-state index contributed by atoms with van der Waals surface area (Å²) in [5.74, 6) is 2.20. The van der Waals surface area contributed by atoms with Crippen LogP contribution in [0, 0.1) is 0 Å². The van der Waals surface area contributed by atoms with Crippen LogP contribution in [0.4, 0.5) is 5.69 Å². The van der Waals surface area contributed by atoms with Crippen molar-refractivity contribution in [2.24, 2.45) is 0 Å². The van der Waals surface area contributed by atoms with Crippen LogP contribution in [0.1, 0.15) is 19.8 Å². The number of unbranched alkanes of at least 4 members (excludes halogenated alkanes) is 1. The molecule has 1 aromatic rings. The van der Waals surface area contributed by atoms with Gasteiger partial charge in [0, 0.05) is 6.54 Å². The quantitative estimate of drug-likeness (QED) is 0.700. The molecule has 0 unspecified atom stereocenters. The van der Waals surface area contributed by atoms with Crippen molar-refractivity contribution >= 4 is 17.4 Å². The summed E-state index contributed by atoms with van der Waals surface area (Å²) in [5, 5.41) is 3.42. The third-order valence-electron chi connectivity index (χ3n) is 2.28. The molecule has 0 aromatic heterocycles. The van der Waals surface area contributed by atoms with Crippen LogP contribution < -0.4 is 10.1 Å². The summed E-state index contributed by atoms with van der Waals surface area (Å²) >= 11 is 1.91. The van der Waals surface area contributed by atoms with Crippen molar-refractivity contribution < 1.29 is 4.74 Å². The lowest BCUT2D eigenvalue weighted by molar-refractivity contribution is 0.341. The van der Waals surface area contributed by atoms with Crippen molar-refractivity contribution in [3.05, 3.63) is 24.3 Å². The fraction of sp³-hybridized carbons (Fsp3) is 0.538. The number of hydrogen-bond donors (Lipinski definition) is 1. The Balaban J connectivity index is 2.34. The van der Waals surface area contributed by atoms with E-state index in [1.807, 2.05) is 36.9 Å². The Labute approximate surface area is 103 Å². The lowest BCUT2D eigenvalue weighted by atomic mass is 10.2. The van der Waals surface area contributed by atoms with E-state index in [4.69, 9.17) is 4.74 Å². The minimum Gasteiger partial charge on any atom is -0.492 e. The highest BCUT2D eigenvalue weighted by atomic mass is 32.2. The maximum atomic E-state index is 5.55. The van der Waals surface area contributed by atoms with Gasteiger partial charge in [-0.3, -0.25) is 0 Å². The molecule has 0 heterocycles. The van der Waals surface area contributed by atoms with Crippen molar-refractivity contribution in [3.63, 3.8) is 0 Å². The van der Waals surface area contributed by atoms with Crippen LogP contribution in [-0.4, -0.2) is 25.2 Å². The van der Waals surface area contributed by atoms with Gasteiger partial charge in [-0.25, -0.2) is 0 Å². The first-order valence-electron chi connectivity index (χ1n) is 5.83. The number of para-hydroxylation sites is 2. The van der Waals surface area contributed by atoms with Crippen molar-refractivity contribution in [1.82, 2.24) is 0 Å². The monoisotopic (exact) mass is 239 g/mol. The fourth-order valence-corrected chi connectivity index (χ4v) is 1.98. The highest BCUT2D eigenvalue weighted by Gasteiger charge is 2.00. The van der Waals surface area contributed by atoms with Gasteiger partial charge in [0.15, 0.2) is 0 Å². The highest BCUT2D eigenvalue weighted by Crippen LogP contribution is 2.23. The normalized spacial score (nSPS) is 10.1. The average molecular weight is 239 g/mol. The topological polar surface area (TPSA) is 21.3 Å². The largest absolute Gasteiger partial charge is 0.492 e. The molecular formula is C13H21NOS. The lowest BCUT2D eigenvalue weighted by Gasteiger charge is -2.11. The molecule has 0 spiro atoms. The minimum atomic E-state index is 0.713. The summed E-state index contributed by atoms with van der Waals surface area (Å²) in [6.45, 7) is 3.74. The molecule has 0 atom stereocenters. The molecule has 0 aliphatic rings. The van der Waals surface area contributed by atoms with Crippen LogP contribution in [0.15, 0.2) is 24.3 Å². The van der Waals surface area contributed by atoms with E-state index in [0.717, 1.165) is 18.0 Å². The molecule has 3 heteroatoms. The van der Waals surface area contributed by atoms with Crippen molar-refractivity contribution in [1.29, 1.82) is 0 Å². The van der Waals surface area contributed by atoms with Crippen LogP contribution in [0.25, 0.3) is 0 Å². The zero-order valence-electron chi connectivity index (χ0n) is 10.2. The summed E-state index contributed by atoms with van der Waals surface area (Å²) in [6, 6.07) is 8.12. The predicted octanol–water partition coefficient (Wildman–Crippen LogP) is 3.64. The first-order chi connectivity index (χ1) is 7.88. The van der Waals surface area contributed by atoms with E-state index in [0.29, 0.717) is 6.61 Å². The average Bonchev–Trinajstić information content (AvgIpc) is 2.31. The molecule has 0 aliphatic heterocycles. The smallest absolute Gasteiger partial charge is 0.142 e. The summed E-state index contributed by atoms with van der Waals surface area (Å²) in [7, 11) is 0. The summed E-state index contributed by atoms with van der Waals surface area (Å²) in [4.78, 5) is 0. The van der Waals surface area contributed by atoms with Crippen LogP contribution >= 0.6 is 11.8 Å². The van der Waals surface area contributed by atoms with Crippen LogP contribution in [0.3, 0.4) is 0 Å². The Morgan fingerprint density at radius 3 is 2.81 bits per heavy atom. The maximum absolute atomic E-state index is 5.55. The second kappa shape index (κ2) is 8.34. The Kier molecular flexibility index (Phi) is 6.90. The first kappa shape index (κ1) is 13.2. The highest BCUT2D eigenvalue weighted by molar-refractivity contribution is 7.98. The SMILES string of the molecule is CCOc1ccccc1NCCCCSC. The number of ether oxygens (including phenoxy) is 1. The maximum Gasteiger partial charge on any atom is 0.142 e. The first-order valence-corrected chi connectivity index (χ1v) is 7.22. The second-order valence-corrected chi connectivity index (χ2v) is 4.54. The lowest BCUT2D eigenvalue weighted by Crippen LogP contribution is -2.04. The van der Waals surface area contributed by atoms with Crippen molar-refractivity contribution in [3.8, 4) is 5.75 Å². The van der Waals surface area contributed by atoms with Gasteiger partial charge >= 0.3 is 0 Å².